The lowest BCUT2D eigenvalue weighted by atomic mass is 10.1. The molecule has 0 aliphatic rings. The van der Waals surface area contributed by atoms with Gasteiger partial charge in [0.25, 0.3) is 0 Å². The summed E-state index contributed by atoms with van der Waals surface area (Å²) >= 11 is 0. The average molecular weight is 274 g/mol. The van der Waals surface area contributed by atoms with Crippen molar-refractivity contribution in [2.75, 3.05) is 20.3 Å². The fraction of sp³-hybridized carbons (Fsp3) is 0.438. The number of rotatable bonds is 6. The number of benzene rings is 1. The second-order valence-corrected chi connectivity index (χ2v) is 5.39. The second kappa shape index (κ2) is 7.56. The van der Waals surface area contributed by atoms with Crippen molar-refractivity contribution >= 4 is 6.08 Å². The first-order valence-corrected chi connectivity index (χ1v) is 6.55. The smallest absolute Gasteiger partial charge is 0.174 e. The van der Waals surface area contributed by atoms with Gasteiger partial charge in [0.15, 0.2) is 18.1 Å². The molecule has 0 saturated heterocycles. The standard InChI is InChI=1S/C16H22N2O2/c1-16(2,3)18-10-5-6-13-7-8-14(20-11-9-17)15(12-13)19-4/h5-8,12,18H,10-11H2,1-4H3. The topological polar surface area (TPSA) is 54.3 Å². The second-order valence-electron chi connectivity index (χ2n) is 5.39. The summed E-state index contributed by atoms with van der Waals surface area (Å²) in [6.07, 6.45) is 4.09. The van der Waals surface area contributed by atoms with E-state index in [4.69, 9.17) is 14.7 Å². The van der Waals surface area contributed by atoms with E-state index in [1.54, 1.807) is 7.11 Å². The van der Waals surface area contributed by atoms with E-state index >= 15 is 0 Å². The Morgan fingerprint density at radius 2 is 2.05 bits per heavy atom. The lowest BCUT2D eigenvalue weighted by Crippen LogP contribution is -2.35. The third kappa shape index (κ3) is 5.77. The van der Waals surface area contributed by atoms with Crippen LogP contribution in [0, 0.1) is 11.3 Å². The van der Waals surface area contributed by atoms with Crippen LogP contribution in [0.2, 0.25) is 0 Å². The van der Waals surface area contributed by atoms with Gasteiger partial charge in [0.2, 0.25) is 0 Å². The summed E-state index contributed by atoms with van der Waals surface area (Å²) in [6.45, 7) is 7.21. The summed E-state index contributed by atoms with van der Waals surface area (Å²) in [5.74, 6) is 1.21. The first-order valence-electron chi connectivity index (χ1n) is 6.55. The molecule has 4 heteroatoms. The van der Waals surface area contributed by atoms with Crippen molar-refractivity contribution in [1.82, 2.24) is 5.32 Å². The van der Waals surface area contributed by atoms with Crippen LogP contribution >= 0.6 is 0 Å². The summed E-state index contributed by atoms with van der Waals surface area (Å²) in [4.78, 5) is 0. The van der Waals surface area contributed by atoms with Crippen LogP contribution in [-0.4, -0.2) is 25.8 Å². The highest BCUT2D eigenvalue weighted by Crippen LogP contribution is 2.28. The minimum absolute atomic E-state index is 0.0149. The molecule has 0 heterocycles. The van der Waals surface area contributed by atoms with Crippen molar-refractivity contribution < 1.29 is 9.47 Å². The van der Waals surface area contributed by atoms with Crippen LogP contribution in [0.15, 0.2) is 24.3 Å². The largest absolute Gasteiger partial charge is 0.493 e. The molecule has 20 heavy (non-hydrogen) atoms. The molecule has 1 N–H and O–H groups in total. The van der Waals surface area contributed by atoms with Crippen LogP contribution in [0.5, 0.6) is 11.5 Å². The number of nitriles is 1. The molecule has 0 radical (unpaired) electrons. The Morgan fingerprint density at radius 1 is 1.30 bits per heavy atom. The number of nitrogens with one attached hydrogen (secondary N) is 1. The van der Waals surface area contributed by atoms with Gasteiger partial charge < -0.3 is 14.8 Å². The Bertz CT molecular complexity index is 496. The summed E-state index contributed by atoms with van der Waals surface area (Å²) in [5, 5.41) is 11.9. The Morgan fingerprint density at radius 3 is 2.65 bits per heavy atom. The SMILES string of the molecule is COc1cc(C=CCNC(C)(C)C)ccc1OCC#N. The van der Waals surface area contributed by atoms with Crippen molar-refractivity contribution in [3.63, 3.8) is 0 Å². The van der Waals surface area contributed by atoms with E-state index in [1.807, 2.05) is 30.3 Å². The first-order chi connectivity index (χ1) is 9.46. The molecule has 1 aromatic rings. The molecule has 0 amide bonds. The average Bonchev–Trinajstić information content (AvgIpc) is 2.40. The molecule has 0 spiro atoms. The molecular formula is C16H22N2O2. The highest BCUT2D eigenvalue weighted by molar-refractivity contribution is 5.56. The first kappa shape index (κ1) is 16.1. The molecular weight excluding hydrogens is 252 g/mol. The molecule has 0 bridgehead atoms. The van der Waals surface area contributed by atoms with Gasteiger partial charge in [-0.2, -0.15) is 5.26 Å². The predicted molar refractivity (Wildman–Crippen MR) is 80.9 cm³/mol. The van der Waals surface area contributed by atoms with Crippen LogP contribution in [0.3, 0.4) is 0 Å². The molecule has 0 unspecified atom stereocenters. The third-order valence-corrected chi connectivity index (χ3v) is 2.54. The Balaban J connectivity index is 2.68. The highest BCUT2D eigenvalue weighted by atomic mass is 16.5. The van der Waals surface area contributed by atoms with Gasteiger partial charge in [0.1, 0.15) is 6.07 Å². The van der Waals surface area contributed by atoms with Crippen LogP contribution in [0.1, 0.15) is 26.3 Å². The van der Waals surface area contributed by atoms with Crippen molar-refractivity contribution in [3.8, 4) is 17.6 Å². The van der Waals surface area contributed by atoms with E-state index in [9.17, 15) is 0 Å². The van der Waals surface area contributed by atoms with Gasteiger partial charge in [-0.15, -0.1) is 0 Å². The number of methoxy groups -OCH3 is 1. The normalized spacial score (nSPS) is 11.3. The molecule has 1 aromatic carbocycles. The number of hydrogen-bond donors (Lipinski definition) is 1. The molecule has 0 fully saturated rings. The van der Waals surface area contributed by atoms with E-state index in [2.05, 4.69) is 32.2 Å². The van der Waals surface area contributed by atoms with E-state index in [-0.39, 0.29) is 12.1 Å². The maximum absolute atomic E-state index is 8.52. The van der Waals surface area contributed by atoms with Crippen molar-refractivity contribution in [2.45, 2.75) is 26.3 Å². The lowest BCUT2D eigenvalue weighted by Gasteiger charge is -2.18. The van der Waals surface area contributed by atoms with Gasteiger partial charge in [0.05, 0.1) is 7.11 Å². The maximum Gasteiger partial charge on any atom is 0.174 e. The van der Waals surface area contributed by atoms with Crippen LogP contribution in [0.4, 0.5) is 0 Å². The van der Waals surface area contributed by atoms with Crippen LogP contribution in [-0.2, 0) is 0 Å². The van der Waals surface area contributed by atoms with E-state index in [0.717, 1.165) is 12.1 Å². The Kier molecular flexibility index (Phi) is 6.08. The van der Waals surface area contributed by atoms with E-state index < -0.39 is 0 Å². The molecule has 108 valence electrons. The number of nitrogens with zero attached hydrogens (tertiary/aromatic N) is 1. The summed E-state index contributed by atoms with van der Waals surface area (Å²) in [5.41, 5.74) is 1.14. The van der Waals surface area contributed by atoms with Gasteiger partial charge in [-0.1, -0.05) is 18.2 Å². The molecule has 0 aliphatic carbocycles. The molecule has 0 saturated carbocycles. The number of ether oxygens (including phenoxy) is 2. The van der Waals surface area contributed by atoms with Gasteiger partial charge in [-0.05, 0) is 38.5 Å². The molecule has 0 aliphatic heterocycles. The maximum atomic E-state index is 8.52. The summed E-state index contributed by atoms with van der Waals surface area (Å²) in [7, 11) is 1.59. The fourth-order valence-corrected chi connectivity index (χ4v) is 1.58. The van der Waals surface area contributed by atoms with Crippen molar-refractivity contribution in [2.24, 2.45) is 0 Å². The van der Waals surface area contributed by atoms with Gasteiger partial charge >= 0.3 is 0 Å². The van der Waals surface area contributed by atoms with Crippen molar-refractivity contribution in [1.29, 1.82) is 5.26 Å². The van der Waals surface area contributed by atoms with Crippen LogP contribution in [0.25, 0.3) is 6.08 Å². The lowest BCUT2D eigenvalue weighted by molar-refractivity contribution is 0.329. The fourth-order valence-electron chi connectivity index (χ4n) is 1.58. The predicted octanol–water partition coefficient (Wildman–Crippen LogP) is 3.00. The summed E-state index contributed by atoms with van der Waals surface area (Å²) < 4.78 is 10.5. The monoisotopic (exact) mass is 274 g/mol. The molecule has 1 rings (SSSR count). The molecule has 0 aromatic heterocycles. The quantitative estimate of drug-likeness (QED) is 0.866. The molecule has 0 atom stereocenters. The van der Waals surface area contributed by atoms with E-state index in [1.165, 1.54) is 0 Å². The number of hydrogen-bond acceptors (Lipinski definition) is 4. The van der Waals surface area contributed by atoms with Gasteiger partial charge in [-0.25, -0.2) is 0 Å². The Hall–Kier alpha value is -1.99. The minimum atomic E-state index is 0.0149. The van der Waals surface area contributed by atoms with E-state index in [0.29, 0.717) is 11.5 Å². The van der Waals surface area contributed by atoms with Gasteiger partial charge in [-0.3, -0.25) is 0 Å². The van der Waals surface area contributed by atoms with Crippen molar-refractivity contribution in [3.05, 3.63) is 29.8 Å². The Labute approximate surface area is 121 Å². The third-order valence-electron chi connectivity index (χ3n) is 2.54. The van der Waals surface area contributed by atoms with Gasteiger partial charge in [0, 0.05) is 12.1 Å². The minimum Gasteiger partial charge on any atom is -0.493 e. The zero-order chi connectivity index (χ0) is 15.0. The summed E-state index contributed by atoms with van der Waals surface area (Å²) in [6, 6.07) is 7.57. The highest BCUT2D eigenvalue weighted by Gasteiger charge is 2.06. The molecule has 4 nitrogen and oxygen atoms in total. The zero-order valence-corrected chi connectivity index (χ0v) is 12.6. The van der Waals surface area contributed by atoms with Crippen LogP contribution < -0.4 is 14.8 Å². The zero-order valence-electron chi connectivity index (χ0n) is 12.6.